The van der Waals surface area contributed by atoms with Crippen LogP contribution in [0.1, 0.15) is 25.8 Å². The minimum Gasteiger partial charge on any atom is -0.361 e. The smallest absolute Gasteiger partial charge is 0.0506 e. The first-order valence-corrected chi connectivity index (χ1v) is 7.02. The highest BCUT2D eigenvalue weighted by Crippen LogP contribution is 2.43. The van der Waals surface area contributed by atoms with Gasteiger partial charge in [-0.2, -0.15) is 0 Å². The first-order valence-electron chi connectivity index (χ1n) is 6.23. The van der Waals surface area contributed by atoms with Crippen LogP contribution in [0, 0.1) is 0 Å². The predicted octanol–water partition coefficient (Wildman–Crippen LogP) is 5.05. The molecule has 0 radical (unpaired) electrons. The molecule has 0 aromatic carbocycles. The lowest BCUT2D eigenvalue weighted by Gasteiger charge is -2.27. The molecule has 18 heavy (non-hydrogen) atoms. The van der Waals surface area contributed by atoms with Gasteiger partial charge in [-0.15, -0.1) is 0 Å². The molecule has 2 aliphatic carbocycles. The number of nitrogens with one attached hydrogen (secondary N) is 1. The number of aromatic amines is 1. The Hall–Kier alpha value is -1.28. The van der Waals surface area contributed by atoms with E-state index in [1.165, 1.54) is 22.4 Å². The average molecular weight is 302 g/mol. The van der Waals surface area contributed by atoms with Gasteiger partial charge in [0, 0.05) is 21.6 Å². The number of halogens is 1. The van der Waals surface area contributed by atoms with Crippen LogP contribution in [0.25, 0.3) is 11.3 Å². The summed E-state index contributed by atoms with van der Waals surface area (Å²) in [5.74, 6) is 0. The van der Waals surface area contributed by atoms with E-state index in [2.05, 4.69) is 71.2 Å². The van der Waals surface area contributed by atoms with Gasteiger partial charge in [0.1, 0.15) is 0 Å². The molecule has 2 heteroatoms. The molecule has 0 unspecified atom stereocenters. The van der Waals surface area contributed by atoms with Crippen LogP contribution in [-0.2, 0) is 5.41 Å². The van der Waals surface area contributed by atoms with E-state index in [1.54, 1.807) is 0 Å². The van der Waals surface area contributed by atoms with E-state index in [4.69, 9.17) is 0 Å². The maximum atomic E-state index is 3.61. The molecule has 0 aromatic heterocycles. The molecule has 0 spiro atoms. The summed E-state index contributed by atoms with van der Waals surface area (Å²) in [6, 6.07) is 6.48. The van der Waals surface area contributed by atoms with E-state index >= 15 is 0 Å². The van der Waals surface area contributed by atoms with Crippen molar-refractivity contribution in [3.05, 3.63) is 58.2 Å². The largest absolute Gasteiger partial charge is 0.361 e. The Kier molecular flexibility index (Phi) is 2.70. The molecular weight excluding hydrogens is 286 g/mol. The highest BCUT2D eigenvalue weighted by atomic mass is 79.9. The number of rotatable bonds is 2. The number of allylic oxidation sites excluding steroid dienone is 4. The van der Waals surface area contributed by atoms with Crippen molar-refractivity contribution in [2.24, 2.45) is 0 Å². The van der Waals surface area contributed by atoms with Crippen LogP contribution in [0.4, 0.5) is 0 Å². The van der Waals surface area contributed by atoms with Crippen molar-refractivity contribution in [2.75, 3.05) is 0 Å². The summed E-state index contributed by atoms with van der Waals surface area (Å²) in [5, 5.41) is 0. The Morgan fingerprint density at radius 2 is 2.06 bits per heavy atom. The molecule has 0 atom stereocenters. The third-order valence-electron chi connectivity index (χ3n) is 3.92. The quantitative estimate of drug-likeness (QED) is 0.799. The van der Waals surface area contributed by atoms with Gasteiger partial charge in [0.15, 0.2) is 0 Å². The monoisotopic (exact) mass is 301 g/mol. The fraction of sp³-hybridized carbons (Fsp3) is 0.250. The van der Waals surface area contributed by atoms with Crippen LogP contribution in [0.15, 0.2) is 52.7 Å². The Morgan fingerprint density at radius 1 is 1.22 bits per heavy atom. The molecule has 0 saturated heterocycles. The van der Waals surface area contributed by atoms with Crippen LogP contribution in [0.3, 0.4) is 0 Å². The van der Waals surface area contributed by atoms with Crippen LogP contribution in [-0.4, -0.2) is 4.98 Å². The summed E-state index contributed by atoms with van der Waals surface area (Å²) in [7, 11) is 0. The van der Waals surface area contributed by atoms with Crippen molar-refractivity contribution in [1.29, 1.82) is 0 Å². The highest BCUT2D eigenvalue weighted by molar-refractivity contribution is 9.10. The molecule has 0 aromatic rings. The Morgan fingerprint density at radius 3 is 2.78 bits per heavy atom. The van der Waals surface area contributed by atoms with E-state index < -0.39 is 0 Å². The Labute approximate surface area is 116 Å². The standard InChI is InChI=1S/C16H16BrN/c1-16(2,11-5-3-4-6-11)13-8-7-12-14(17)9-10-18-15(12)13/h3-5,7-10,18H,6H2,1-2H3. The van der Waals surface area contributed by atoms with E-state index in [-0.39, 0.29) is 5.41 Å². The van der Waals surface area contributed by atoms with Crippen LogP contribution >= 0.6 is 15.9 Å². The van der Waals surface area contributed by atoms with Gasteiger partial charge in [-0.25, -0.2) is 0 Å². The molecule has 0 amide bonds. The second-order valence-corrected chi connectivity index (χ2v) is 6.16. The minimum atomic E-state index is 0.0720. The Balaban J connectivity index is 2.11. The lowest BCUT2D eigenvalue weighted by molar-refractivity contribution is 0.615. The summed E-state index contributed by atoms with van der Waals surface area (Å²) in [6.45, 7) is 4.60. The van der Waals surface area contributed by atoms with Crippen molar-refractivity contribution in [2.45, 2.75) is 25.7 Å². The zero-order valence-electron chi connectivity index (χ0n) is 10.6. The number of pyridine rings is 1. The number of H-pyrrole nitrogens is 1. The van der Waals surface area contributed by atoms with Gasteiger partial charge in [-0.05, 0) is 18.1 Å². The summed E-state index contributed by atoms with van der Waals surface area (Å²) < 4.78 is 1.15. The number of aromatic nitrogens is 1. The van der Waals surface area contributed by atoms with Crippen molar-refractivity contribution < 1.29 is 0 Å². The SMILES string of the molecule is CC(C)(C1=CC=CC1)c1ccc2c(Br)cc[nH]c1-2. The van der Waals surface area contributed by atoms with Crippen LogP contribution < -0.4 is 0 Å². The number of hydrogen-bond acceptors (Lipinski definition) is 0. The molecule has 1 heterocycles. The highest BCUT2D eigenvalue weighted by Gasteiger charge is 2.30. The normalized spacial score (nSPS) is 15.4. The third kappa shape index (κ3) is 1.67. The summed E-state index contributed by atoms with van der Waals surface area (Å²) in [6.07, 6.45) is 9.68. The molecule has 0 saturated carbocycles. The molecule has 3 aliphatic rings. The molecular formula is C16H16BrN. The lowest BCUT2D eigenvalue weighted by atomic mass is 9.77. The van der Waals surface area contributed by atoms with E-state index in [9.17, 15) is 0 Å². The molecule has 3 rings (SSSR count). The summed E-state index contributed by atoms with van der Waals surface area (Å²) in [5.41, 5.74) is 5.41. The van der Waals surface area contributed by atoms with Crippen LogP contribution in [0.5, 0.6) is 0 Å². The van der Waals surface area contributed by atoms with Crippen molar-refractivity contribution in [3.63, 3.8) is 0 Å². The van der Waals surface area contributed by atoms with E-state index in [1.807, 2.05) is 6.20 Å². The fourth-order valence-corrected chi connectivity index (χ4v) is 3.19. The third-order valence-corrected chi connectivity index (χ3v) is 4.61. The van der Waals surface area contributed by atoms with Crippen molar-refractivity contribution in [3.8, 4) is 11.3 Å². The topological polar surface area (TPSA) is 15.8 Å². The maximum absolute atomic E-state index is 3.61. The zero-order chi connectivity index (χ0) is 12.8. The molecule has 0 fully saturated rings. The molecule has 0 bridgehead atoms. The second-order valence-electron chi connectivity index (χ2n) is 5.31. The van der Waals surface area contributed by atoms with E-state index in [0.29, 0.717) is 0 Å². The fourth-order valence-electron chi connectivity index (χ4n) is 2.73. The predicted molar refractivity (Wildman–Crippen MR) is 80.0 cm³/mol. The van der Waals surface area contributed by atoms with Gasteiger partial charge in [0.05, 0.1) is 5.69 Å². The van der Waals surface area contributed by atoms with Crippen molar-refractivity contribution in [1.82, 2.24) is 4.98 Å². The minimum absolute atomic E-state index is 0.0720. The van der Waals surface area contributed by atoms with Crippen molar-refractivity contribution >= 4 is 15.9 Å². The molecule has 1 aliphatic heterocycles. The lowest BCUT2D eigenvalue weighted by Crippen LogP contribution is -2.19. The number of hydrogen-bond donors (Lipinski definition) is 1. The first kappa shape index (κ1) is 11.8. The molecule has 1 N–H and O–H groups in total. The van der Waals surface area contributed by atoms with Crippen LogP contribution in [0.2, 0.25) is 0 Å². The van der Waals surface area contributed by atoms with Gasteiger partial charge in [0.2, 0.25) is 0 Å². The maximum Gasteiger partial charge on any atom is 0.0506 e. The van der Waals surface area contributed by atoms with Gasteiger partial charge in [0.25, 0.3) is 0 Å². The molecule has 1 nitrogen and oxygen atoms in total. The summed E-state index contributed by atoms with van der Waals surface area (Å²) in [4.78, 5) is 3.39. The number of fused-ring (bicyclic) bond motifs is 1. The van der Waals surface area contributed by atoms with Gasteiger partial charge >= 0.3 is 0 Å². The molecule has 92 valence electrons. The Bertz CT molecular complexity index is 616. The first-order chi connectivity index (χ1) is 8.60. The van der Waals surface area contributed by atoms with Gasteiger partial charge < -0.3 is 4.98 Å². The van der Waals surface area contributed by atoms with Gasteiger partial charge in [-0.1, -0.05) is 65.7 Å². The average Bonchev–Trinajstić information content (AvgIpc) is 2.99. The second kappa shape index (κ2) is 4.13. The van der Waals surface area contributed by atoms with Gasteiger partial charge in [-0.3, -0.25) is 0 Å². The summed E-state index contributed by atoms with van der Waals surface area (Å²) >= 11 is 3.61. The van der Waals surface area contributed by atoms with E-state index in [0.717, 1.165) is 10.9 Å². The zero-order valence-corrected chi connectivity index (χ0v) is 12.2.